The first-order valence-electron chi connectivity index (χ1n) is 4.62. The molecule has 0 radical (unpaired) electrons. The van der Waals surface area contributed by atoms with E-state index in [1.165, 1.54) is 7.11 Å². The van der Waals surface area contributed by atoms with Gasteiger partial charge in [-0.05, 0) is 17.7 Å². The minimum atomic E-state index is -0.413. The van der Waals surface area contributed by atoms with E-state index in [2.05, 4.69) is 10.1 Å². The van der Waals surface area contributed by atoms with Crippen LogP contribution in [-0.4, -0.2) is 31.7 Å². The number of carbonyl (C=O) groups excluding carboxylic acids is 2. The predicted molar refractivity (Wildman–Crippen MR) is 58.7 cm³/mol. The molecule has 1 aromatic rings. The lowest BCUT2D eigenvalue weighted by molar-refractivity contribution is -0.109. The number of esters is 1. The molecule has 2 N–H and O–H groups in total. The third kappa shape index (κ3) is 2.91. The average molecular weight is 220 g/mol. The number of hydrogen-bond donors (Lipinski definition) is 2. The quantitative estimate of drug-likeness (QED) is 0.433. The largest absolute Gasteiger partial charge is 0.465 e. The van der Waals surface area contributed by atoms with Crippen molar-refractivity contribution in [3.63, 3.8) is 0 Å². The van der Waals surface area contributed by atoms with Gasteiger partial charge in [0, 0.05) is 0 Å². The Morgan fingerprint density at radius 1 is 1.38 bits per heavy atom. The molecule has 0 saturated carbocycles. The van der Waals surface area contributed by atoms with Gasteiger partial charge in [-0.15, -0.1) is 0 Å². The number of methoxy groups -OCH3 is 1. The van der Waals surface area contributed by atoms with Gasteiger partial charge in [0.05, 0.1) is 24.9 Å². The van der Waals surface area contributed by atoms with Gasteiger partial charge in [0.15, 0.2) is 0 Å². The van der Waals surface area contributed by atoms with Crippen LogP contribution in [0.15, 0.2) is 24.3 Å². The molecule has 0 bridgehead atoms. The normalized spacial score (nSPS) is 9.31. The van der Waals surface area contributed by atoms with E-state index < -0.39 is 5.97 Å². The fraction of sp³-hybridized carbons (Fsp3) is 0.182. The van der Waals surface area contributed by atoms with Crippen molar-refractivity contribution < 1.29 is 14.3 Å². The minimum absolute atomic E-state index is 0.168. The molecule has 1 aromatic carbocycles. The Labute approximate surface area is 92.9 Å². The molecule has 0 aliphatic rings. The van der Waals surface area contributed by atoms with Crippen LogP contribution in [0.3, 0.4) is 0 Å². The Bertz CT molecular complexity index is 398. The van der Waals surface area contributed by atoms with Gasteiger partial charge >= 0.3 is 5.97 Å². The monoisotopic (exact) mass is 220 g/mol. The van der Waals surface area contributed by atoms with Gasteiger partial charge in [0.1, 0.15) is 0 Å². The number of hydrogen-bond acceptors (Lipinski definition) is 4. The van der Waals surface area contributed by atoms with Crippen molar-refractivity contribution in [3.05, 3.63) is 35.4 Å². The predicted octanol–water partition coefficient (Wildman–Crippen LogP) is 0.587. The highest BCUT2D eigenvalue weighted by Crippen LogP contribution is 2.06. The Morgan fingerprint density at radius 2 is 1.94 bits per heavy atom. The smallest absolute Gasteiger partial charge is 0.337 e. The Hall–Kier alpha value is -2.17. The zero-order valence-corrected chi connectivity index (χ0v) is 8.82. The van der Waals surface area contributed by atoms with Crippen molar-refractivity contribution in [2.45, 2.75) is 0 Å². The van der Waals surface area contributed by atoms with E-state index in [4.69, 9.17) is 5.41 Å². The highest BCUT2D eigenvalue weighted by molar-refractivity contribution is 6.01. The zero-order chi connectivity index (χ0) is 12.0. The summed E-state index contributed by atoms with van der Waals surface area (Å²) in [6, 6.07) is 6.44. The van der Waals surface area contributed by atoms with E-state index in [1.807, 2.05) is 0 Å². The summed E-state index contributed by atoms with van der Waals surface area (Å²) in [6.07, 6.45) is 0.539. The van der Waals surface area contributed by atoms with Crippen molar-refractivity contribution in [1.29, 1.82) is 5.41 Å². The highest BCUT2D eigenvalue weighted by atomic mass is 16.5. The second-order valence-corrected chi connectivity index (χ2v) is 3.05. The van der Waals surface area contributed by atoms with Crippen LogP contribution in [0.2, 0.25) is 0 Å². The van der Waals surface area contributed by atoms with Crippen LogP contribution >= 0.6 is 0 Å². The molecule has 0 atom stereocenters. The van der Waals surface area contributed by atoms with Gasteiger partial charge in [0.2, 0.25) is 6.41 Å². The van der Waals surface area contributed by atoms with Crippen LogP contribution < -0.4 is 5.32 Å². The molecular weight excluding hydrogens is 208 g/mol. The van der Waals surface area contributed by atoms with E-state index in [-0.39, 0.29) is 12.3 Å². The average Bonchev–Trinajstić information content (AvgIpc) is 2.35. The molecule has 0 saturated heterocycles. The molecule has 0 unspecified atom stereocenters. The van der Waals surface area contributed by atoms with Gasteiger partial charge in [-0.25, -0.2) is 4.79 Å². The van der Waals surface area contributed by atoms with Crippen LogP contribution in [0.5, 0.6) is 0 Å². The second kappa shape index (κ2) is 5.65. The maximum atomic E-state index is 11.1. The molecule has 0 heterocycles. The molecule has 0 spiro atoms. The zero-order valence-electron chi connectivity index (χ0n) is 8.82. The summed E-state index contributed by atoms with van der Waals surface area (Å²) >= 11 is 0. The second-order valence-electron chi connectivity index (χ2n) is 3.05. The van der Waals surface area contributed by atoms with Crippen molar-refractivity contribution in [2.75, 3.05) is 13.7 Å². The molecule has 84 valence electrons. The Kier molecular flexibility index (Phi) is 4.20. The van der Waals surface area contributed by atoms with E-state index in [1.54, 1.807) is 24.3 Å². The standard InChI is InChI=1S/C11H12N2O3/c1-16-11(15)9-4-2-8(3-5-9)10(12)6-13-7-14/h2-5,7,12H,6H2,1H3,(H,13,14). The SMILES string of the molecule is COC(=O)c1ccc(C(=N)CNC=O)cc1. The van der Waals surface area contributed by atoms with Crippen molar-refractivity contribution in [3.8, 4) is 0 Å². The molecule has 5 nitrogen and oxygen atoms in total. The summed E-state index contributed by atoms with van der Waals surface area (Å²) in [7, 11) is 1.31. The lowest BCUT2D eigenvalue weighted by Crippen LogP contribution is -2.21. The Morgan fingerprint density at radius 3 is 2.44 bits per heavy atom. The van der Waals surface area contributed by atoms with Gasteiger partial charge in [-0.2, -0.15) is 0 Å². The molecule has 16 heavy (non-hydrogen) atoms. The van der Waals surface area contributed by atoms with Crippen LogP contribution in [0, 0.1) is 5.41 Å². The molecule has 5 heteroatoms. The van der Waals surface area contributed by atoms with E-state index >= 15 is 0 Å². The lowest BCUT2D eigenvalue weighted by atomic mass is 10.1. The topological polar surface area (TPSA) is 79.2 Å². The maximum absolute atomic E-state index is 11.1. The van der Waals surface area contributed by atoms with E-state index in [0.717, 1.165) is 0 Å². The first-order chi connectivity index (χ1) is 7.69. The third-order valence-corrected chi connectivity index (χ3v) is 2.02. The van der Waals surface area contributed by atoms with Crippen LogP contribution in [0.4, 0.5) is 0 Å². The minimum Gasteiger partial charge on any atom is -0.465 e. The van der Waals surface area contributed by atoms with Crippen molar-refractivity contribution in [2.24, 2.45) is 0 Å². The van der Waals surface area contributed by atoms with Gasteiger partial charge < -0.3 is 15.5 Å². The molecule has 0 aliphatic carbocycles. The van der Waals surface area contributed by atoms with Gasteiger partial charge in [0.25, 0.3) is 0 Å². The van der Waals surface area contributed by atoms with Gasteiger partial charge in [-0.1, -0.05) is 12.1 Å². The summed E-state index contributed by atoms with van der Waals surface area (Å²) in [6.45, 7) is 0.168. The third-order valence-electron chi connectivity index (χ3n) is 2.02. The maximum Gasteiger partial charge on any atom is 0.337 e. The van der Waals surface area contributed by atoms with Crippen LogP contribution in [0.25, 0.3) is 0 Å². The summed E-state index contributed by atoms with van der Waals surface area (Å²) in [5, 5.41) is 10.0. The fourth-order valence-electron chi connectivity index (χ4n) is 1.17. The number of amides is 1. The van der Waals surface area contributed by atoms with Crippen LogP contribution in [0.1, 0.15) is 15.9 Å². The van der Waals surface area contributed by atoms with Crippen molar-refractivity contribution >= 4 is 18.1 Å². The molecule has 1 amide bonds. The van der Waals surface area contributed by atoms with Crippen LogP contribution in [-0.2, 0) is 9.53 Å². The van der Waals surface area contributed by atoms with E-state index in [0.29, 0.717) is 17.5 Å². The number of nitrogens with one attached hydrogen (secondary N) is 2. The number of ether oxygens (including phenoxy) is 1. The van der Waals surface area contributed by atoms with Gasteiger partial charge in [-0.3, -0.25) is 4.79 Å². The van der Waals surface area contributed by atoms with E-state index in [9.17, 15) is 9.59 Å². The molecule has 0 aromatic heterocycles. The molecule has 0 aliphatic heterocycles. The first-order valence-corrected chi connectivity index (χ1v) is 4.62. The first kappa shape index (κ1) is 11.9. The lowest BCUT2D eigenvalue weighted by Gasteiger charge is -2.04. The number of benzene rings is 1. The number of rotatable bonds is 5. The molecule has 0 fully saturated rings. The number of carbonyl (C=O) groups is 2. The summed E-state index contributed by atoms with van der Waals surface area (Å²) in [5.74, 6) is -0.413. The fourth-order valence-corrected chi connectivity index (χ4v) is 1.17. The molecular formula is C11H12N2O3. The summed E-state index contributed by atoms with van der Waals surface area (Å²) < 4.78 is 4.55. The molecule has 1 rings (SSSR count). The highest BCUT2D eigenvalue weighted by Gasteiger charge is 2.06. The van der Waals surface area contributed by atoms with Crippen molar-refractivity contribution in [1.82, 2.24) is 5.32 Å². The summed E-state index contributed by atoms with van der Waals surface area (Å²) in [4.78, 5) is 21.2. The Balaban J connectivity index is 2.74. The summed E-state index contributed by atoms with van der Waals surface area (Å²) in [5.41, 5.74) is 1.37.